The van der Waals surface area contributed by atoms with Crippen LogP contribution in [0.5, 0.6) is 0 Å². The Morgan fingerprint density at radius 2 is 2.14 bits per heavy atom. The molecule has 1 saturated carbocycles. The number of piperidine rings is 1. The molecule has 72 valence electrons. The Bertz CT molecular complexity index is 362. The van der Waals surface area contributed by atoms with E-state index in [1.165, 1.54) is 12.0 Å². The number of hydrogen-bond donors (Lipinski definition) is 0. The van der Waals surface area contributed by atoms with Crippen LogP contribution in [0.15, 0.2) is 30.3 Å². The van der Waals surface area contributed by atoms with Gasteiger partial charge in [0.25, 0.3) is 0 Å². The van der Waals surface area contributed by atoms with Gasteiger partial charge in [0.15, 0.2) is 0 Å². The Kier molecular flexibility index (Phi) is 1.49. The van der Waals surface area contributed by atoms with E-state index in [4.69, 9.17) is 0 Å². The van der Waals surface area contributed by atoms with Crippen LogP contribution in [0.1, 0.15) is 6.42 Å². The third-order valence-corrected chi connectivity index (χ3v) is 3.56. The minimum atomic E-state index is 0.0237. The van der Waals surface area contributed by atoms with E-state index in [1.807, 2.05) is 18.2 Å². The summed E-state index contributed by atoms with van der Waals surface area (Å²) in [5.41, 5.74) is 1.27. The van der Waals surface area contributed by atoms with Crippen molar-refractivity contribution in [2.45, 2.75) is 6.42 Å². The van der Waals surface area contributed by atoms with Crippen molar-refractivity contribution < 1.29 is 4.79 Å². The maximum absolute atomic E-state index is 10.9. The number of fused-ring (bicyclic) bond motifs is 1. The van der Waals surface area contributed by atoms with Gasteiger partial charge in [-0.3, -0.25) is 0 Å². The first-order chi connectivity index (χ1) is 6.84. The van der Waals surface area contributed by atoms with E-state index in [1.54, 1.807) is 0 Å². The lowest BCUT2D eigenvalue weighted by molar-refractivity contribution is -0.111. The summed E-state index contributed by atoms with van der Waals surface area (Å²) in [7, 11) is 0. The van der Waals surface area contributed by atoms with Gasteiger partial charge >= 0.3 is 0 Å². The SMILES string of the molecule is O=CC12CC1CN(c1ccccc1)C2. The van der Waals surface area contributed by atoms with Crippen molar-refractivity contribution in [2.75, 3.05) is 18.0 Å². The number of carbonyl (C=O) groups is 1. The summed E-state index contributed by atoms with van der Waals surface area (Å²) in [6, 6.07) is 10.3. The lowest BCUT2D eigenvalue weighted by Gasteiger charge is -2.21. The summed E-state index contributed by atoms with van der Waals surface area (Å²) in [6.07, 6.45) is 2.28. The van der Waals surface area contributed by atoms with E-state index >= 15 is 0 Å². The maximum atomic E-state index is 10.9. The van der Waals surface area contributed by atoms with Gasteiger partial charge in [0.2, 0.25) is 0 Å². The molecule has 1 aromatic carbocycles. The molecule has 0 bridgehead atoms. The van der Waals surface area contributed by atoms with Gasteiger partial charge in [-0.05, 0) is 24.5 Å². The molecule has 0 aromatic heterocycles. The van der Waals surface area contributed by atoms with E-state index in [9.17, 15) is 4.79 Å². The van der Waals surface area contributed by atoms with Crippen molar-refractivity contribution in [1.82, 2.24) is 0 Å². The zero-order chi connectivity index (χ0) is 9.60. The van der Waals surface area contributed by atoms with Gasteiger partial charge < -0.3 is 9.69 Å². The normalized spacial score (nSPS) is 34.0. The van der Waals surface area contributed by atoms with E-state index in [2.05, 4.69) is 17.0 Å². The van der Waals surface area contributed by atoms with Crippen molar-refractivity contribution in [3.05, 3.63) is 30.3 Å². The number of rotatable bonds is 2. The number of para-hydroxylation sites is 1. The van der Waals surface area contributed by atoms with Gasteiger partial charge in [0.05, 0.1) is 0 Å². The van der Waals surface area contributed by atoms with E-state index in [0.29, 0.717) is 5.92 Å². The topological polar surface area (TPSA) is 20.3 Å². The number of benzene rings is 1. The van der Waals surface area contributed by atoms with Crippen LogP contribution in [0.2, 0.25) is 0 Å². The standard InChI is InChI=1S/C12H13NO/c14-9-12-6-10(12)7-13(8-12)11-4-2-1-3-5-11/h1-5,9-10H,6-8H2. The highest BCUT2D eigenvalue weighted by atomic mass is 16.1. The molecule has 2 unspecified atom stereocenters. The highest BCUT2D eigenvalue weighted by Crippen LogP contribution is 2.56. The molecule has 1 aliphatic heterocycles. The van der Waals surface area contributed by atoms with Gasteiger partial charge in [-0.15, -0.1) is 0 Å². The first-order valence-corrected chi connectivity index (χ1v) is 5.10. The number of hydrogen-bond acceptors (Lipinski definition) is 2. The fourth-order valence-corrected chi connectivity index (χ4v) is 2.54. The number of carbonyl (C=O) groups excluding carboxylic acids is 1. The average Bonchev–Trinajstić information content (AvgIpc) is 2.83. The average molecular weight is 187 g/mol. The lowest BCUT2D eigenvalue weighted by Crippen LogP contribution is -2.24. The molecule has 0 N–H and O–H groups in total. The van der Waals surface area contributed by atoms with Gasteiger partial charge in [-0.1, -0.05) is 18.2 Å². The highest BCUT2D eigenvalue weighted by molar-refractivity contribution is 5.69. The molecule has 0 spiro atoms. The molecule has 3 rings (SSSR count). The second kappa shape index (κ2) is 2.59. The summed E-state index contributed by atoms with van der Waals surface area (Å²) >= 11 is 0. The fraction of sp³-hybridized carbons (Fsp3) is 0.417. The van der Waals surface area contributed by atoms with Gasteiger partial charge in [0, 0.05) is 24.2 Å². The summed E-state index contributed by atoms with van der Waals surface area (Å²) in [6.45, 7) is 1.98. The Morgan fingerprint density at radius 1 is 1.36 bits per heavy atom. The summed E-state index contributed by atoms with van der Waals surface area (Å²) in [5.74, 6) is 0.625. The van der Waals surface area contributed by atoms with Gasteiger partial charge in [-0.2, -0.15) is 0 Å². The first-order valence-electron chi connectivity index (χ1n) is 5.10. The molecule has 2 nitrogen and oxygen atoms in total. The monoisotopic (exact) mass is 187 g/mol. The van der Waals surface area contributed by atoms with Crippen LogP contribution in [0, 0.1) is 11.3 Å². The predicted octanol–water partition coefficient (Wildman–Crippen LogP) is 1.71. The van der Waals surface area contributed by atoms with E-state index in [-0.39, 0.29) is 5.41 Å². The molecule has 2 heteroatoms. The zero-order valence-electron chi connectivity index (χ0n) is 8.02. The Morgan fingerprint density at radius 3 is 2.79 bits per heavy atom. The summed E-state index contributed by atoms with van der Waals surface area (Å²) in [4.78, 5) is 13.2. The minimum Gasteiger partial charge on any atom is -0.370 e. The molecular formula is C12H13NO. The number of aldehydes is 1. The minimum absolute atomic E-state index is 0.0237. The molecule has 0 radical (unpaired) electrons. The van der Waals surface area contributed by atoms with Crippen molar-refractivity contribution in [3.8, 4) is 0 Å². The van der Waals surface area contributed by atoms with Crippen LogP contribution in [0.4, 0.5) is 5.69 Å². The Hall–Kier alpha value is -1.31. The number of nitrogens with zero attached hydrogens (tertiary/aromatic N) is 1. The van der Waals surface area contributed by atoms with Crippen LogP contribution in [-0.2, 0) is 4.79 Å². The number of anilines is 1. The van der Waals surface area contributed by atoms with E-state index in [0.717, 1.165) is 19.5 Å². The van der Waals surface area contributed by atoms with Crippen LogP contribution in [0.25, 0.3) is 0 Å². The molecule has 0 amide bonds. The third-order valence-electron chi connectivity index (χ3n) is 3.56. The smallest absolute Gasteiger partial charge is 0.128 e. The van der Waals surface area contributed by atoms with Gasteiger partial charge in [-0.25, -0.2) is 0 Å². The maximum Gasteiger partial charge on any atom is 0.128 e. The predicted molar refractivity (Wildman–Crippen MR) is 55.3 cm³/mol. The molecule has 2 fully saturated rings. The molecule has 2 aliphatic rings. The van der Waals surface area contributed by atoms with Crippen molar-refractivity contribution in [2.24, 2.45) is 11.3 Å². The summed E-state index contributed by atoms with van der Waals surface area (Å²) < 4.78 is 0. The lowest BCUT2D eigenvalue weighted by atomic mass is 10.1. The van der Waals surface area contributed by atoms with E-state index < -0.39 is 0 Å². The van der Waals surface area contributed by atoms with Crippen LogP contribution < -0.4 is 4.90 Å². The molecule has 1 heterocycles. The Labute approximate surface area is 83.5 Å². The molecule has 1 aromatic rings. The van der Waals surface area contributed by atoms with Gasteiger partial charge in [0.1, 0.15) is 6.29 Å². The molecular weight excluding hydrogens is 174 g/mol. The second-order valence-electron chi connectivity index (χ2n) is 4.47. The largest absolute Gasteiger partial charge is 0.370 e. The zero-order valence-corrected chi connectivity index (χ0v) is 8.02. The van der Waals surface area contributed by atoms with Crippen LogP contribution in [-0.4, -0.2) is 19.4 Å². The quantitative estimate of drug-likeness (QED) is 0.657. The summed E-state index contributed by atoms with van der Waals surface area (Å²) in [5, 5.41) is 0. The van der Waals surface area contributed by atoms with Crippen LogP contribution >= 0.6 is 0 Å². The van der Waals surface area contributed by atoms with Crippen molar-refractivity contribution in [1.29, 1.82) is 0 Å². The second-order valence-corrected chi connectivity index (χ2v) is 4.47. The van der Waals surface area contributed by atoms with Crippen molar-refractivity contribution >= 4 is 12.0 Å². The fourth-order valence-electron chi connectivity index (χ4n) is 2.54. The molecule has 1 aliphatic carbocycles. The van der Waals surface area contributed by atoms with Crippen LogP contribution in [0.3, 0.4) is 0 Å². The van der Waals surface area contributed by atoms with Crippen molar-refractivity contribution in [3.63, 3.8) is 0 Å². The molecule has 1 saturated heterocycles. The Balaban J connectivity index is 1.82. The molecule has 2 atom stereocenters. The third kappa shape index (κ3) is 0.999. The highest BCUT2D eigenvalue weighted by Gasteiger charge is 2.60. The first kappa shape index (κ1) is 8.04. The molecule has 14 heavy (non-hydrogen) atoms.